The Morgan fingerprint density at radius 1 is 0.886 bits per heavy atom. The van der Waals surface area contributed by atoms with E-state index in [4.69, 9.17) is 15.7 Å². The second-order valence-electron chi connectivity index (χ2n) is 8.97. The van der Waals surface area contributed by atoms with Gasteiger partial charge in [-0.2, -0.15) is 27.1 Å². The van der Waals surface area contributed by atoms with Gasteiger partial charge in [0.05, 0.1) is 18.5 Å². The van der Waals surface area contributed by atoms with Crippen molar-refractivity contribution >= 4 is 60.6 Å². The summed E-state index contributed by atoms with van der Waals surface area (Å²) in [5, 5.41) is 21.1. The van der Waals surface area contributed by atoms with Gasteiger partial charge in [-0.15, -0.1) is 0 Å². The first kappa shape index (κ1) is 33.6. The summed E-state index contributed by atoms with van der Waals surface area (Å²) in [6, 6.07) is 7.34. The number of amides is 2. The van der Waals surface area contributed by atoms with Crippen LogP contribution in [0.25, 0.3) is 0 Å². The van der Waals surface area contributed by atoms with E-state index in [1.165, 1.54) is 38.3 Å². The fraction of sp³-hybridized carbons (Fsp3) is 0.160. The summed E-state index contributed by atoms with van der Waals surface area (Å²) >= 11 is 0. The van der Waals surface area contributed by atoms with Gasteiger partial charge in [-0.3, -0.25) is 23.5 Å². The van der Waals surface area contributed by atoms with Crippen LogP contribution in [0.15, 0.2) is 68.6 Å². The zero-order valence-electron chi connectivity index (χ0n) is 23.0. The monoisotopic (exact) mass is 651 g/mol. The summed E-state index contributed by atoms with van der Waals surface area (Å²) in [5.74, 6) is -3.51. The molecule has 3 aromatic carbocycles. The van der Waals surface area contributed by atoms with Crippen molar-refractivity contribution in [2.45, 2.75) is 29.7 Å². The molecule has 0 aromatic heterocycles. The van der Waals surface area contributed by atoms with Crippen LogP contribution < -0.4 is 26.0 Å². The molecule has 44 heavy (non-hydrogen) atoms. The molecule has 3 aromatic rings. The van der Waals surface area contributed by atoms with Crippen LogP contribution in [0, 0.1) is 6.92 Å². The van der Waals surface area contributed by atoms with Gasteiger partial charge in [0.1, 0.15) is 21.2 Å². The zero-order chi connectivity index (χ0) is 33.0. The molecule has 0 bridgehead atoms. The number of methoxy groups -OCH3 is 1. The highest BCUT2D eigenvalue weighted by Crippen LogP contribution is 2.37. The van der Waals surface area contributed by atoms with Crippen molar-refractivity contribution in [3.8, 4) is 11.5 Å². The minimum Gasteiger partial charge on any atom is -0.494 e. The van der Waals surface area contributed by atoms with E-state index in [0.717, 1.165) is 25.1 Å². The summed E-state index contributed by atoms with van der Waals surface area (Å²) in [7, 11) is -8.57. The fourth-order valence-corrected chi connectivity index (χ4v) is 5.04. The van der Waals surface area contributed by atoms with Crippen LogP contribution in [0.4, 0.5) is 22.7 Å². The number of azo groups is 1. The van der Waals surface area contributed by atoms with Gasteiger partial charge in [-0.1, -0.05) is 0 Å². The maximum absolute atomic E-state index is 12.9. The van der Waals surface area contributed by atoms with Crippen molar-refractivity contribution in [3.05, 3.63) is 59.7 Å². The number of anilines is 3. The SMILES string of the molecule is COc1cc(N=NC(C(C)=O)C(=O)Nc2cc(C)c(S(=O)(=O)O)cc2OO)c(S(=O)(=O)O)cc1NC(=O)c1ccc(N)cc1. The first-order valence-corrected chi connectivity index (χ1v) is 14.9. The van der Waals surface area contributed by atoms with Gasteiger partial charge in [0.2, 0.25) is 6.04 Å². The topological polar surface area (TPSA) is 273 Å². The van der Waals surface area contributed by atoms with Crippen molar-refractivity contribution in [1.82, 2.24) is 0 Å². The number of nitrogens with one attached hydrogen (secondary N) is 2. The molecule has 7 N–H and O–H groups in total. The third-order valence-electron chi connectivity index (χ3n) is 5.81. The van der Waals surface area contributed by atoms with Gasteiger partial charge in [-0.05, 0) is 55.8 Å². The van der Waals surface area contributed by atoms with E-state index in [1.807, 2.05) is 0 Å². The summed E-state index contributed by atoms with van der Waals surface area (Å²) in [4.78, 5) is 40.5. The average Bonchev–Trinajstić information content (AvgIpc) is 2.92. The molecule has 0 fully saturated rings. The highest BCUT2D eigenvalue weighted by molar-refractivity contribution is 7.86. The number of benzene rings is 3. The molecule has 0 aliphatic heterocycles. The van der Waals surface area contributed by atoms with Crippen LogP contribution in [0.1, 0.15) is 22.8 Å². The normalized spacial score (nSPS) is 12.4. The lowest BCUT2D eigenvalue weighted by Crippen LogP contribution is -2.32. The predicted octanol–water partition coefficient (Wildman–Crippen LogP) is 2.86. The van der Waals surface area contributed by atoms with Crippen LogP contribution in [0.5, 0.6) is 11.5 Å². The van der Waals surface area contributed by atoms with E-state index >= 15 is 0 Å². The average molecular weight is 652 g/mol. The first-order chi connectivity index (χ1) is 20.5. The number of aryl methyl sites for hydroxylation is 1. The number of hydrogen-bond acceptors (Lipinski definition) is 13. The maximum atomic E-state index is 12.9. The Labute approximate surface area is 250 Å². The Hall–Kier alpha value is -4.95. The van der Waals surface area contributed by atoms with Crippen LogP contribution in [0.2, 0.25) is 0 Å². The fourth-order valence-electron chi connectivity index (χ4n) is 3.69. The smallest absolute Gasteiger partial charge is 0.296 e. The molecule has 0 spiro atoms. The third kappa shape index (κ3) is 7.90. The molecule has 0 aliphatic rings. The van der Waals surface area contributed by atoms with Crippen LogP contribution in [-0.2, 0) is 29.8 Å². The van der Waals surface area contributed by atoms with Crippen molar-refractivity contribution in [1.29, 1.82) is 0 Å². The van der Waals surface area contributed by atoms with Crippen LogP contribution in [0.3, 0.4) is 0 Å². The molecule has 2 amide bonds. The van der Waals surface area contributed by atoms with E-state index in [2.05, 4.69) is 25.7 Å². The Morgan fingerprint density at radius 2 is 1.48 bits per heavy atom. The molecule has 1 unspecified atom stereocenters. The van der Waals surface area contributed by atoms with Crippen molar-refractivity contribution in [3.63, 3.8) is 0 Å². The minimum absolute atomic E-state index is 0.0712. The minimum atomic E-state index is -5.03. The summed E-state index contributed by atoms with van der Waals surface area (Å²) < 4.78 is 71.8. The van der Waals surface area contributed by atoms with Gasteiger partial charge in [0.15, 0.2) is 11.5 Å². The molecule has 0 saturated heterocycles. The number of nitrogens with zero attached hydrogens (tertiary/aromatic N) is 2. The van der Waals surface area contributed by atoms with Crippen molar-refractivity contribution in [2.24, 2.45) is 10.2 Å². The third-order valence-corrected chi connectivity index (χ3v) is 7.68. The number of ketones is 1. The molecule has 17 nitrogen and oxygen atoms in total. The molecular formula is C25H25N5O12S2. The summed E-state index contributed by atoms with van der Waals surface area (Å²) in [6.07, 6.45) is 0. The molecule has 234 valence electrons. The Morgan fingerprint density at radius 3 is 2.00 bits per heavy atom. The highest BCUT2D eigenvalue weighted by Gasteiger charge is 2.27. The molecule has 0 heterocycles. The van der Waals surface area contributed by atoms with Crippen molar-refractivity contribution in [2.75, 3.05) is 23.5 Å². The largest absolute Gasteiger partial charge is 0.494 e. The molecule has 0 radical (unpaired) electrons. The summed E-state index contributed by atoms with van der Waals surface area (Å²) in [5.41, 5.74) is 5.00. The second kappa shape index (κ2) is 13.1. The lowest BCUT2D eigenvalue weighted by molar-refractivity contribution is -0.137. The highest BCUT2D eigenvalue weighted by atomic mass is 32.2. The second-order valence-corrected chi connectivity index (χ2v) is 11.7. The Balaban J connectivity index is 1.99. The number of hydrogen-bond donors (Lipinski definition) is 6. The van der Waals surface area contributed by atoms with Gasteiger partial charge in [-0.25, -0.2) is 5.26 Å². The summed E-state index contributed by atoms with van der Waals surface area (Å²) in [6.45, 7) is 2.22. The molecule has 3 rings (SSSR count). The number of carbonyl (C=O) groups excluding carboxylic acids is 3. The van der Waals surface area contributed by atoms with Gasteiger partial charge in [0, 0.05) is 23.4 Å². The van der Waals surface area contributed by atoms with E-state index in [1.54, 1.807) is 0 Å². The number of rotatable bonds is 11. The Kier molecular flexibility index (Phi) is 10.0. The van der Waals surface area contributed by atoms with E-state index in [9.17, 15) is 40.3 Å². The molecule has 0 aliphatic carbocycles. The van der Waals surface area contributed by atoms with Gasteiger partial charge >= 0.3 is 0 Å². The van der Waals surface area contributed by atoms with E-state index in [0.29, 0.717) is 11.8 Å². The number of Topliss-reactive ketones (excluding diaryl/α,β-unsaturated/α-hetero) is 1. The number of nitrogens with two attached hydrogens (primary N) is 1. The zero-order valence-corrected chi connectivity index (χ0v) is 24.6. The first-order valence-electron chi connectivity index (χ1n) is 12.0. The number of ether oxygens (including phenoxy) is 1. The molecule has 0 saturated carbocycles. The van der Waals surface area contributed by atoms with Crippen LogP contribution >= 0.6 is 0 Å². The van der Waals surface area contributed by atoms with Crippen LogP contribution in [-0.4, -0.2) is 61.9 Å². The quantitative estimate of drug-likeness (QED) is 0.0435. The number of nitrogen functional groups attached to an aromatic ring is 1. The lowest BCUT2D eigenvalue weighted by Gasteiger charge is -2.15. The maximum Gasteiger partial charge on any atom is 0.296 e. The standard InChI is InChI=1S/C25H25N5O12S2/c1-12-8-16(20(42-34)11-21(12)43(35,36)37)28-25(33)23(13(2)31)30-29-18-9-19(41-3)17(10-22(18)44(38,39)40)27-24(32)14-4-6-15(26)7-5-14/h4-11,23,34H,26H2,1-3H3,(H,27,32)(H,28,33)(H,35,36,37)(H,38,39,40). The van der Waals surface area contributed by atoms with Gasteiger partial charge < -0.3 is 26.0 Å². The van der Waals surface area contributed by atoms with E-state index < -0.39 is 65.1 Å². The number of carbonyl (C=O) groups is 3. The molecule has 1 atom stereocenters. The van der Waals surface area contributed by atoms with E-state index in [-0.39, 0.29) is 28.3 Å². The van der Waals surface area contributed by atoms with Crippen molar-refractivity contribution < 1.29 is 55.2 Å². The van der Waals surface area contributed by atoms with Gasteiger partial charge in [0.25, 0.3) is 32.1 Å². The molecule has 19 heteroatoms. The molecular weight excluding hydrogens is 626 g/mol. The lowest BCUT2D eigenvalue weighted by atomic mass is 10.1. The Bertz CT molecular complexity index is 1880. The predicted molar refractivity (Wildman–Crippen MR) is 153 cm³/mol.